The molecule has 0 saturated heterocycles. The van der Waals surface area contributed by atoms with Crippen LogP contribution < -0.4 is 0 Å². The molecular weight excluding hydrogens is 168 g/mol. The standard InChI is InChI=1S/C10H14O3/c1-13-10-7-8(3-2-6-11)4-5-9(10)12/h2-5,8,11-12H,6-7H2,1H3/b3-2+. The van der Waals surface area contributed by atoms with E-state index < -0.39 is 0 Å². The minimum atomic E-state index is 0.0440. The minimum absolute atomic E-state index is 0.0440. The molecule has 1 atom stereocenters. The summed E-state index contributed by atoms with van der Waals surface area (Å²) in [5.74, 6) is 0.990. The zero-order valence-electron chi connectivity index (χ0n) is 7.60. The molecule has 0 aromatic carbocycles. The summed E-state index contributed by atoms with van der Waals surface area (Å²) < 4.78 is 5.00. The molecule has 0 fully saturated rings. The average molecular weight is 182 g/mol. The van der Waals surface area contributed by atoms with Crippen molar-refractivity contribution in [2.75, 3.05) is 13.7 Å². The summed E-state index contributed by atoms with van der Waals surface area (Å²) in [7, 11) is 1.54. The van der Waals surface area contributed by atoms with E-state index in [4.69, 9.17) is 9.84 Å². The van der Waals surface area contributed by atoms with E-state index in [1.807, 2.05) is 12.2 Å². The normalized spacial score (nSPS) is 22.8. The molecule has 0 radical (unpaired) electrons. The molecule has 0 saturated carbocycles. The first-order chi connectivity index (χ1) is 6.27. The number of aliphatic hydroxyl groups is 2. The SMILES string of the molecule is COC1=C(O)C=CC(/C=C/CO)C1. The largest absolute Gasteiger partial charge is 0.504 e. The Morgan fingerprint density at radius 2 is 2.46 bits per heavy atom. The van der Waals surface area contributed by atoms with E-state index in [0.717, 1.165) is 0 Å². The zero-order chi connectivity index (χ0) is 9.68. The van der Waals surface area contributed by atoms with Gasteiger partial charge in [0.05, 0.1) is 13.7 Å². The second kappa shape index (κ2) is 4.72. The van der Waals surface area contributed by atoms with Gasteiger partial charge in [-0.1, -0.05) is 18.2 Å². The molecule has 3 heteroatoms. The molecule has 2 N–H and O–H groups in total. The Bertz CT molecular complexity index is 251. The van der Waals surface area contributed by atoms with Crippen molar-refractivity contribution in [3.8, 4) is 0 Å². The van der Waals surface area contributed by atoms with Gasteiger partial charge < -0.3 is 14.9 Å². The molecule has 1 unspecified atom stereocenters. The lowest BCUT2D eigenvalue weighted by Gasteiger charge is -2.15. The third-order valence-corrected chi connectivity index (χ3v) is 1.94. The van der Waals surface area contributed by atoms with E-state index in [0.29, 0.717) is 12.2 Å². The molecule has 72 valence electrons. The Balaban J connectivity index is 2.61. The van der Waals surface area contributed by atoms with E-state index in [2.05, 4.69) is 0 Å². The molecule has 0 bridgehead atoms. The highest BCUT2D eigenvalue weighted by Crippen LogP contribution is 2.23. The van der Waals surface area contributed by atoms with Gasteiger partial charge in [0.2, 0.25) is 0 Å². The lowest BCUT2D eigenvalue weighted by molar-refractivity contribution is 0.238. The summed E-state index contributed by atoms with van der Waals surface area (Å²) in [6.45, 7) is 0.0440. The van der Waals surface area contributed by atoms with Gasteiger partial charge in [0.1, 0.15) is 5.76 Å². The molecule has 0 aliphatic heterocycles. The van der Waals surface area contributed by atoms with Gasteiger partial charge in [-0.25, -0.2) is 0 Å². The Kier molecular flexibility index (Phi) is 3.58. The molecule has 3 nitrogen and oxygen atoms in total. The van der Waals surface area contributed by atoms with Crippen LogP contribution in [0.1, 0.15) is 6.42 Å². The van der Waals surface area contributed by atoms with Crippen molar-refractivity contribution >= 4 is 0 Å². The van der Waals surface area contributed by atoms with Gasteiger partial charge in [-0.15, -0.1) is 0 Å². The van der Waals surface area contributed by atoms with Gasteiger partial charge in [0.15, 0.2) is 5.76 Å². The fraction of sp³-hybridized carbons (Fsp3) is 0.400. The molecule has 0 aromatic rings. The fourth-order valence-electron chi connectivity index (χ4n) is 1.25. The topological polar surface area (TPSA) is 49.7 Å². The van der Waals surface area contributed by atoms with Crippen molar-refractivity contribution in [3.05, 3.63) is 35.8 Å². The maximum Gasteiger partial charge on any atom is 0.152 e. The molecule has 0 heterocycles. The first-order valence-corrected chi connectivity index (χ1v) is 4.19. The third-order valence-electron chi connectivity index (χ3n) is 1.94. The summed E-state index contributed by atoms with van der Waals surface area (Å²) in [5.41, 5.74) is 0. The molecule has 13 heavy (non-hydrogen) atoms. The Hall–Kier alpha value is -1.22. The highest BCUT2D eigenvalue weighted by molar-refractivity contribution is 5.24. The van der Waals surface area contributed by atoms with Crippen LogP contribution in [-0.2, 0) is 4.74 Å². The maximum absolute atomic E-state index is 9.31. The van der Waals surface area contributed by atoms with Crippen LogP contribution in [-0.4, -0.2) is 23.9 Å². The fourth-order valence-corrected chi connectivity index (χ4v) is 1.25. The van der Waals surface area contributed by atoms with Gasteiger partial charge in [-0.3, -0.25) is 0 Å². The van der Waals surface area contributed by atoms with Crippen molar-refractivity contribution in [2.24, 2.45) is 5.92 Å². The highest BCUT2D eigenvalue weighted by Gasteiger charge is 2.13. The predicted octanol–water partition coefficient (Wildman–Crippen LogP) is 1.53. The maximum atomic E-state index is 9.31. The van der Waals surface area contributed by atoms with Crippen molar-refractivity contribution in [1.82, 2.24) is 0 Å². The highest BCUT2D eigenvalue weighted by atomic mass is 16.5. The van der Waals surface area contributed by atoms with E-state index in [9.17, 15) is 5.11 Å². The van der Waals surface area contributed by atoms with Crippen LogP contribution in [0.4, 0.5) is 0 Å². The quantitative estimate of drug-likeness (QED) is 0.651. The van der Waals surface area contributed by atoms with Gasteiger partial charge >= 0.3 is 0 Å². The van der Waals surface area contributed by atoms with Crippen LogP contribution in [0, 0.1) is 5.92 Å². The zero-order valence-corrected chi connectivity index (χ0v) is 7.60. The van der Waals surface area contributed by atoms with Crippen LogP contribution in [0.5, 0.6) is 0 Å². The van der Waals surface area contributed by atoms with Gasteiger partial charge in [-0.05, 0) is 6.08 Å². The van der Waals surface area contributed by atoms with Crippen LogP contribution in [0.25, 0.3) is 0 Å². The third kappa shape index (κ3) is 2.63. The number of allylic oxidation sites excluding steroid dienone is 4. The van der Waals surface area contributed by atoms with Crippen LogP contribution in [0.3, 0.4) is 0 Å². The summed E-state index contributed by atoms with van der Waals surface area (Å²) in [5, 5.41) is 17.9. The number of methoxy groups -OCH3 is 1. The lowest BCUT2D eigenvalue weighted by atomic mass is 9.98. The summed E-state index contributed by atoms with van der Waals surface area (Å²) >= 11 is 0. The van der Waals surface area contributed by atoms with Crippen LogP contribution >= 0.6 is 0 Å². The molecule has 1 aliphatic carbocycles. The minimum Gasteiger partial charge on any atom is -0.504 e. The van der Waals surface area contributed by atoms with Gasteiger partial charge in [0, 0.05) is 12.3 Å². The monoisotopic (exact) mass is 182 g/mol. The first kappa shape index (κ1) is 9.86. The second-order valence-corrected chi connectivity index (χ2v) is 2.85. The van der Waals surface area contributed by atoms with Crippen molar-refractivity contribution < 1.29 is 14.9 Å². The summed E-state index contributed by atoms with van der Waals surface area (Å²) in [6.07, 6.45) is 7.72. The molecule has 0 spiro atoms. The Morgan fingerprint density at radius 3 is 3.08 bits per heavy atom. The number of aliphatic hydroxyl groups excluding tert-OH is 2. The number of hydrogen-bond donors (Lipinski definition) is 2. The average Bonchev–Trinajstić information content (AvgIpc) is 2.16. The number of rotatable bonds is 3. The number of ether oxygens (including phenoxy) is 1. The van der Waals surface area contributed by atoms with Crippen molar-refractivity contribution in [3.63, 3.8) is 0 Å². The van der Waals surface area contributed by atoms with E-state index in [1.165, 1.54) is 7.11 Å². The molecule has 0 aromatic heterocycles. The summed E-state index contributed by atoms with van der Waals surface area (Å²) in [6, 6.07) is 0. The first-order valence-electron chi connectivity index (χ1n) is 4.19. The molecule has 1 aliphatic rings. The lowest BCUT2D eigenvalue weighted by Crippen LogP contribution is -2.04. The molecular formula is C10H14O3. The van der Waals surface area contributed by atoms with Crippen LogP contribution in [0.2, 0.25) is 0 Å². The smallest absolute Gasteiger partial charge is 0.152 e. The molecule has 1 rings (SSSR count). The summed E-state index contributed by atoms with van der Waals surface area (Å²) in [4.78, 5) is 0. The van der Waals surface area contributed by atoms with E-state index >= 15 is 0 Å². The van der Waals surface area contributed by atoms with Crippen molar-refractivity contribution in [1.29, 1.82) is 0 Å². The van der Waals surface area contributed by atoms with Gasteiger partial charge in [-0.2, -0.15) is 0 Å². The van der Waals surface area contributed by atoms with Crippen molar-refractivity contribution in [2.45, 2.75) is 6.42 Å². The Labute approximate surface area is 77.7 Å². The van der Waals surface area contributed by atoms with Gasteiger partial charge in [0.25, 0.3) is 0 Å². The van der Waals surface area contributed by atoms with Crippen LogP contribution in [0.15, 0.2) is 35.8 Å². The predicted molar refractivity (Wildman–Crippen MR) is 50.1 cm³/mol. The van der Waals surface area contributed by atoms with E-state index in [1.54, 1.807) is 12.2 Å². The molecule has 0 amide bonds. The second-order valence-electron chi connectivity index (χ2n) is 2.85. The number of hydrogen-bond acceptors (Lipinski definition) is 3. The van der Waals surface area contributed by atoms with E-state index in [-0.39, 0.29) is 18.3 Å². The Morgan fingerprint density at radius 1 is 1.69 bits per heavy atom.